The minimum Gasteiger partial charge on any atom is -0.368 e. The van der Waals surface area contributed by atoms with E-state index < -0.39 is 41.5 Å². The van der Waals surface area contributed by atoms with E-state index in [1.165, 1.54) is 0 Å². The molecule has 214 valence electrons. The molecule has 4 atom stereocenters. The van der Waals surface area contributed by atoms with E-state index in [4.69, 9.17) is 11.5 Å². The highest BCUT2D eigenvalue weighted by atomic mass is 16.2. The maximum atomic E-state index is 13.6. The van der Waals surface area contributed by atoms with Gasteiger partial charge in [0.15, 0.2) is 0 Å². The highest BCUT2D eigenvalue weighted by Crippen LogP contribution is 2.20. The van der Waals surface area contributed by atoms with Gasteiger partial charge in [-0.25, -0.2) is 0 Å². The summed E-state index contributed by atoms with van der Waals surface area (Å²) >= 11 is 0. The zero-order chi connectivity index (χ0) is 28.7. The molecule has 2 aromatic rings. The highest BCUT2D eigenvalue weighted by molar-refractivity contribution is 5.94. The average molecular weight is 542 g/mol. The van der Waals surface area contributed by atoms with Gasteiger partial charge >= 0.3 is 0 Å². The smallest absolute Gasteiger partial charge is 0.243 e. The summed E-state index contributed by atoms with van der Waals surface area (Å²) in [6.07, 6.45) is 3.49. The number of rotatable bonds is 15. The van der Waals surface area contributed by atoms with Crippen molar-refractivity contribution in [3.05, 3.63) is 36.0 Å². The van der Waals surface area contributed by atoms with Crippen molar-refractivity contribution < 1.29 is 19.2 Å². The summed E-state index contributed by atoms with van der Waals surface area (Å²) in [5, 5.41) is 12.3. The molecular weight excluding hydrogens is 498 g/mol. The molecule has 1 aromatic heterocycles. The van der Waals surface area contributed by atoms with Crippen LogP contribution in [-0.2, 0) is 25.6 Å². The van der Waals surface area contributed by atoms with E-state index >= 15 is 0 Å². The Morgan fingerprint density at radius 1 is 0.949 bits per heavy atom. The van der Waals surface area contributed by atoms with Gasteiger partial charge in [-0.1, -0.05) is 45.9 Å². The lowest BCUT2D eigenvalue weighted by molar-refractivity contribution is -0.133. The van der Waals surface area contributed by atoms with Crippen molar-refractivity contribution in [2.45, 2.75) is 83.6 Å². The third-order valence-corrected chi connectivity index (χ3v) is 6.90. The molecule has 9 N–H and O–H groups in total. The SMILES string of the molecule is CC(C)CCC(=O)N[C@@H](Cc1c[nH]c2ccccc12)C(=O)NC(CC1(N)CN1)C(=O)N[C@@H](CC(C)C)C(N)=O. The van der Waals surface area contributed by atoms with Gasteiger partial charge in [0, 0.05) is 42.9 Å². The van der Waals surface area contributed by atoms with Crippen LogP contribution < -0.4 is 32.7 Å². The normalized spacial score (nSPS) is 18.9. The number of aromatic nitrogens is 1. The maximum absolute atomic E-state index is 13.6. The Bertz CT molecular complexity index is 1170. The van der Waals surface area contributed by atoms with E-state index in [1.54, 1.807) is 0 Å². The van der Waals surface area contributed by atoms with Crippen LogP contribution in [0.15, 0.2) is 30.5 Å². The van der Waals surface area contributed by atoms with Crippen molar-refractivity contribution in [2.75, 3.05) is 6.54 Å². The number of carbonyl (C=O) groups excluding carboxylic acids is 4. The molecule has 4 amide bonds. The van der Waals surface area contributed by atoms with E-state index in [1.807, 2.05) is 58.2 Å². The Hall–Kier alpha value is -3.44. The third kappa shape index (κ3) is 9.07. The van der Waals surface area contributed by atoms with Crippen molar-refractivity contribution in [2.24, 2.45) is 23.3 Å². The summed E-state index contributed by atoms with van der Waals surface area (Å²) in [7, 11) is 0. The zero-order valence-corrected chi connectivity index (χ0v) is 23.3. The van der Waals surface area contributed by atoms with Crippen LogP contribution in [0.5, 0.6) is 0 Å². The molecule has 1 fully saturated rings. The second-order valence-electron chi connectivity index (χ2n) is 11.5. The molecule has 0 aliphatic carbocycles. The fourth-order valence-corrected chi connectivity index (χ4v) is 4.51. The van der Waals surface area contributed by atoms with E-state index in [2.05, 4.69) is 26.3 Å². The lowest BCUT2D eigenvalue weighted by Gasteiger charge is -2.26. The van der Waals surface area contributed by atoms with Crippen molar-refractivity contribution >= 4 is 34.5 Å². The van der Waals surface area contributed by atoms with Gasteiger partial charge < -0.3 is 32.4 Å². The molecule has 0 spiro atoms. The second kappa shape index (κ2) is 13.1. The molecule has 2 heterocycles. The predicted molar refractivity (Wildman–Crippen MR) is 150 cm³/mol. The van der Waals surface area contributed by atoms with Gasteiger partial charge in [0.05, 0.1) is 5.66 Å². The van der Waals surface area contributed by atoms with Crippen LogP contribution >= 0.6 is 0 Å². The molecule has 0 saturated carbocycles. The molecular formula is C28H43N7O4. The van der Waals surface area contributed by atoms with Crippen LogP contribution in [0, 0.1) is 11.8 Å². The first-order valence-corrected chi connectivity index (χ1v) is 13.6. The highest BCUT2D eigenvalue weighted by Gasteiger charge is 2.43. The van der Waals surface area contributed by atoms with E-state index in [9.17, 15) is 19.2 Å². The van der Waals surface area contributed by atoms with E-state index in [0.29, 0.717) is 25.3 Å². The number of nitrogens with one attached hydrogen (secondary N) is 5. The minimum atomic E-state index is -1.04. The number of carbonyl (C=O) groups is 4. The van der Waals surface area contributed by atoms with Gasteiger partial charge in [-0.3, -0.25) is 24.5 Å². The predicted octanol–water partition coefficient (Wildman–Crippen LogP) is 0.781. The molecule has 1 aliphatic heterocycles. The van der Waals surface area contributed by atoms with Crippen LogP contribution in [-0.4, -0.2) is 58.9 Å². The molecule has 0 radical (unpaired) electrons. The van der Waals surface area contributed by atoms with E-state index in [0.717, 1.165) is 16.5 Å². The van der Waals surface area contributed by atoms with Gasteiger partial charge in [-0.15, -0.1) is 0 Å². The van der Waals surface area contributed by atoms with Crippen LogP contribution in [0.2, 0.25) is 0 Å². The summed E-state index contributed by atoms with van der Waals surface area (Å²) in [6, 6.07) is 4.86. The number of para-hydroxylation sites is 1. The first kappa shape index (κ1) is 30.1. The Morgan fingerprint density at radius 2 is 1.59 bits per heavy atom. The standard InChI is InChI=1S/C28H43N7O4/c1-16(2)9-10-24(36)33-22(12-18-14-31-20-8-6-5-7-19(18)20)26(38)35-23(13-28(30)15-32-28)27(39)34-21(25(29)37)11-17(3)4/h5-8,14,16-17,21-23,31-32H,9-13,15,30H2,1-4H3,(H2,29,37)(H,33,36)(H,34,39)(H,35,38)/t21-,22-,23?,28?/m0/s1. The fraction of sp³-hybridized carbons (Fsp3) is 0.571. The molecule has 1 aliphatic rings. The lowest BCUT2D eigenvalue weighted by Crippen LogP contribution is -2.58. The number of primary amides is 1. The number of amides is 4. The Morgan fingerprint density at radius 3 is 2.21 bits per heavy atom. The van der Waals surface area contributed by atoms with Gasteiger partial charge in [-0.2, -0.15) is 0 Å². The summed E-state index contributed by atoms with van der Waals surface area (Å²) in [6.45, 7) is 8.38. The number of hydrogen-bond donors (Lipinski definition) is 7. The van der Waals surface area contributed by atoms with Gasteiger partial charge in [0.25, 0.3) is 0 Å². The Labute approximate surface area is 229 Å². The first-order chi connectivity index (χ1) is 18.4. The number of nitrogens with two attached hydrogens (primary N) is 2. The lowest BCUT2D eigenvalue weighted by atomic mass is 10.0. The van der Waals surface area contributed by atoms with E-state index in [-0.39, 0.29) is 31.1 Å². The number of benzene rings is 1. The molecule has 39 heavy (non-hydrogen) atoms. The molecule has 1 aromatic carbocycles. The molecule has 1 saturated heterocycles. The van der Waals surface area contributed by atoms with Crippen LogP contribution in [0.25, 0.3) is 10.9 Å². The molecule has 11 heteroatoms. The van der Waals surface area contributed by atoms with Crippen molar-refractivity contribution in [1.82, 2.24) is 26.3 Å². The summed E-state index contributed by atoms with van der Waals surface area (Å²) in [5.41, 5.74) is 12.7. The molecule has 2 unspecified atom stereocenters. The molecule has 3 rings (SSSR count). The minimum absolute atomic E-state index is 0.110. The summed E-state index contributed by atoms with van der Waals surface area (Å²) in [4.78, 5) is 54.9. The number of hydrogen-bond acceptors (Lipinski definition) is 6. The third-order valence-electron chi connectivity index (χ3n) is 6.90. The number of aromatic amines is 1. The summed E-state index contributed by atoms with van der Waals surface area (Å²) in [5.74, 6) is -1.51. The molecule has 0 bridgehead atoms. The van der Waals surface area contributed by atoms with Gasteiger partial charge in [0.1, 0.15) is 18.1 Å². The first-order valence-electron chi connectivity index (χ1n) is 13.6. The topological polar surface area (TPSA) is 194 Å². The second-order valence-corrected chi connectivity index (χ2v) is 11.5. The van der Waals surface area contributed by atoms with Crippen LogP contribution in [0.3, 0.4) is 0 Å². The zero-order valence-electron chi connectivity index (χ0n) is 23.3. The summed E-state index contributed by atoms with van der Waals surface area (Å²) < 4.78 is 0. The Balaban J connectivity index is 1.81. The van der Waals surface area contributed by atoms with Crippen LogP contribution in [0.4, 0.5) is 0 Å². The largest absolute Gasteiger partial charge is 0.368 e. The number of H-pyrrole nitrogens is 1. The number of fused-ring (bicyclic) bond motifs is 1. The molecule has 11 nitrogen and oxygen atoms in total. The van der Waals surface area contributed by atoms with Gasteiger partial charge in [-0.05, 0) is 36.3 Å². The fourth-order valence-electron chi connectivity index (χ4n) is 4.51. The van der Waals surface area contributed by atoms with Crippen molar-refractivity contribution in [3.8, 4) is 0 Å². The average Bonchev–Trinajstić information content (AvgIpc) is 3.45. The monoisotopic (exact) mass is 541 g/mol. The van der Waals surface area contributed by atoms with Crippen LogP contribution in [0.1, 0.15) is 58.9 Å². The maximum Gasteiger partial charge on any atom is 0.243 e. The quantitative estimate of drug-likeness (QED) is 0.163. The van der Waals surface area contributed by atoms with Crippen molar-refractivity contribution in [3.63, 3.8) is 0 Å². The Kier molecular flexibility index (Phi) is 10.1. The van der Waals surface area contributed by atoms with Crippen molar-refractivity contribution in [1.29, 1.82) is 0 Å². The van der Waals surface area contributed by atoms with Gasteiger partial charge in [0.2, 0.25) is 23.6 Å².